The Labute approximate surface area is 145 Å². The van der Waals surface area contributed by atoms with E-state index in [-0.39, 0.29) is 12.4 Å². The number of rotatable bonds is 8. The normalized spacial score (nSPS) is 17.7. The number of hydrogen-bond donors (Lipinski definition) is 1. The minimum atomic E-state index is 0. The summed E-state index contributed by atoms with van der Waals surface area (Å²) >= 11 is 0. The van der Waals surface area contributed by atoms with E-state index in [9.17, 15) is 0 Å². The Morgan fingerprint density at radius 1 is 1.13 bits per heavy atom. The maximum absolute atomic E-state index is 5.39. The summed E-state index contributed by atoms with van der Waals surface area (Å²) in [4.78, 5) is 2.54. The molecule has 0 aromatic heterocycles. The van der Waals surface area contributed by atoms with Crippen molar-refractivity contribution in [3.63, 3.8) is 0 Å². The third kappa shape index (κ3) is 4.90. The zero-order valence-electron chi connectivity index (χ0n) is 14.5. The maximum atomic E-state index is 5.39. The molecular formula is C17H28ClN2O3-. The van der Waals surface area contributed by atoms with Gasteiger partial charge in [-0.2, -0.15) is 0 Å². The van der Waals surface area contributed by atoms with Crippen LogP contribution in [0.25, 0.3) is 0 Å². The van der Waals surface area contributed by atoms with Crippen LogP contribution in [-0.4, -0.2) is 51.9 Å². The van der Waals surface area contributed by atoms with Gasteiger partial charge in [0, 0.05) is 19.1 Å². The standard InChI is InChI=1S/C17H28N2O3.ClH/c1-5-19-8-6-7-14(19)12-18-11-13-9-15(20-2)17(22-4)16(10-13)21-3;/h9-10,14,18H,5-8,11-12H2,1-4H3;1H/p-1. The molecule has 0 aliphatic carbocycles. The Bertz CT molecular complexity index is 460. The summed E-state index contributed by atoms with van der Waals surface area (Å²) in [6, 6.07) is 4.66. The van der Waals surface area contributed by atoms with Crippen LogP contribution in [0.3, 0.4) is 0 Å². The fraction of sp³-hybridized carbons (Fsp3) is 0.647. The molecule has 1 atom stereocenters. The molecule has 1 unspecified atom stereocenters. The first-order chi connectivity index (χ1) is 10.7. The molecule has 1 aliphatic heterocycles. The van der Waals surface area contributed by atoms with Crippen LogP contribution in [0.4, 0.5) is 0 Å². The lowest BCUT2D eigenvalue weighted by Crippen LogP contribution is -3.00. The van der Waals surface area contributed by atoms with E-state index >= 15 is 0 Å². The zero-order chi connectivity index (χ0) is 15.9. The van der Waals surface area contributed by atoms with E-state index in [0.717, 1.165) is 25.2 Å². The molecule has 6 heteroatoms. The van der Waals surface area contributed by atoms with Gasteiger partial charge in [-0.05, 0) is 43.6 Å². The van der Waals surface area contributed by atoms with Crippen LogP contribution in [0.5, 0.6) is 17.2 Å². The van der Waals surface area contributed by atoms with E-state index in [4.69, 9.17) is 14.2 Å². The number of methoxy groups -OCH3 is 3. The molecule has 23 heavy (non-hydrogen) atoms. The molecule has 0 bridgehead atoms. The van der Waals surface area contributed by atoms with Crippen LogP contribution >= 0.6 is 0 Å². The van der Waals surface area contributed by atoms with E-state index in [2.05, 4.69) is 17.1 Å². The predicted octanol–water partition coefficient (Wildman–Crippen LogP) is -0.710. The lowest BCUT2D eigenvalue weighted by Gasteiger charge is -2.23. The molecule has 0 radical (unpaired) electrons. The number of likely N-dealkylation sites (tertiary alicyclic amines) is 1. The van der Waals surface area contributed by atoms with Crippen LogP contribution in [0, 0.1) is 0 Å². The number of ether oxygens (including phenoxy) is 3. The summed E-state index contributed by atoms with van der Waals surface area (Å²) in [5.41, 5.74) is 1.13. The highest BCUT2D eigenvalue weighted by molar-refractivity contribution is 5.53. The molecule has 1 saturated heterocycles. The first-order valence-corrected chi connectivity index (χ1v) is 7.97. The molecule has 0 saturated carbocycles. The van der Waals surface area contributed by atoms with Gasteiger partial charge in [-0.25, -0.2) is 0 Å². The number of likely N-dealkylation sites (N-methyl/N-ethyl adjacent to an activating group) is 1. The largest absolute Gasteiger partial charge is 1.00 e. The van der Waals surface area contributed by atoms with E-state index in [1.54, 1.807) is 21.3 Å². The highest BCUT2D eigenvalue weighted by Crippen LogP contribution is 2.38. The number of nitrogens with zero attached hydrogens (tertiary/aromatic N) is 1. The quantitative estimate of drug-likeness (QED) is 0.675. The van der Waals surface area contributed by atoms with Crippen LogP contribution in [0.2, 0.25) is 0 Å². The molecule has 0 spiro atoms. The van der Waals surface area contributed by atoms with Crippen molar-refractivity contribution in [2.75, 3.05) is 41.0 Å². The second-order valence-electron chi connectivity index (χ2n) is 5.59. The second kappa shape index (κ2) is 9.85. The highest BCUT2D eigenvalue weighted by Gasteiger charge is 2.22. The molecule has 1 N–H and O–H groups in total. The van der Waals surface area contributed by atoms with Crippen LogP contribution in [0.1, 0.15) is 25.3 Å². The summed E-state index contributed by atoms with van der Waals surface area (Å²) in [6.07, 6.45) is 2.60. The molecule has 132 valence electrons. The molecule has 5 nitrogen and oxygen atoms in total. The van der Waals surface area contributed by atoms with E-state index < -0.39 is 0 Å². The first kappa shape index (κ1) is 19.9. The highest BCUT2D eigenvalue weighted by atomic mass is 35.5. The van der Waals surface area contributed by atoms with Crippen molar-refractivity contribution >= 4 is 0 Å². The van der Waals surface area contributed by atoms with Gasteiger partial charge in [0.05, 0.1) is 21.3 Å². The van der Waals surface area contributed by atoms with Crippen molar-refractivity contribution < 1.29 is 26.6 Å². The number of hydrogen-bond acceptors (Lipinski definition) is 5. The van der Waals surface area contributed by atoms with Gasteiger partial charge in [0.1, 0.15) is 0 Å². The van der Waals surface area contributed by atoms with Gasteiger partial charge in [-0.1, -0.05) is 6.92 Å². The third-order valence-electron chi connectivity index (χ3n) is 4.34. The van der Waals surface area contributed by atoms with Crippen LogP contribution in [0.15, 0.2) is 12.1 Å². The fourth-order valence-corrected chi connectivity index (χ4v) is 3.16. The predicted molar refractivity (Wildman–Crippen MR) is 88.1 cm³/mol. The molecule has 1 aliphatic rings. The zero-order valence-corrected chi connectivity index (χ0v) is 15.3. The Morgan fingerprint density at radius 3 is 2.30 bits per heavy atom. The summed E-state index contributed by atoms with van der Waals surface area (Å²) < 4.78 is 16.1. The smallest absolute Gasteiger partial charge is 0.203 e. The van der Waals surface area contributed by atoms with Crippen molar-refractivity contribution in [2.24, 2.45) is 0 Å². The van der Waals surface area contributed by atoms with Gasteiger partial charge in [-0.3, -0.25) is 4.90 Å². The molecule has 2 rings (SSSR count). The van der Waals surface area contributed by atoms with Gasteiger partial charge >= 0.3 is 0 Å². The maximum Gasteiger partial charge on any atom is 0.203 e. The van der Waals surface area contributed by atoms with Crippen molar-refractivity contribution in [1.29, 1.82) is 0 Å². The minimum absolute atomic E-state index is 0. The average Bonchev–Trinajstić information content (AvgIpc) is 3.01. The summed E-state index contributed by atoms with van der Waals surface area (Å²) in [5.74, 6) is 2.05. The number of nitrogens with one attached hydrogen (secondary N) is 1. The number of benzene rings is 1. The van der Waals surface area contributed by atoms with Crippen molar-refractivity contribution in [2.45, 2.75) is 32.4 Å². The van der Waals surface area contributed by atoms with Crippen molar-refractivity contribution in [1.82, 2.24) is 10.2 Å². The first-order valence-electron chi connectivity index (χ1n) is 7.97. The lowest BCUT2D eigenvalue weighted by molar-refractivity contribution is -0.00000553. The van der Waals surface area contributed by atoms with Gasteiger partial charge in [0.2, 0.25) is 5.75 Å². The third-order valence-corrected chi connectivity index (χ3v) is 4.34. The Hall–Kier alpha value is -1.17. The Kier molecular flexibility index (Phi) is 8.52. The summed E-state index contributed by atoms with van der Waals surface area (Å²) in [7, 11) is 4.91. The summed E-state index contributed by atoms with van der Waals surface area (Å²) in [5, 5.41) is 3.55. The fourth-order valence-electron chi connectivity index (χ4n) is 3.16. The molecule has 1 aromatic carbocycles. The van der Waals surface area contributed by atoms with E-state index in [1.807, 2.05) is 12.1 Å². The van der Waals surface area contributed by atoms with Crippen LogP contribution < -0.4 is 31.9 Å². The average molecular weight is 344 g/mol. The van der Waals surface area contributed by atoms with Gasteiger partial charge in [0.15, 0.2) is 11.5 Å². The molecular weight excluding hydrogens is 316 g/mol. The Morgan fingerprint density at radius 2 is 1.78 bits per heavy atom. The molecule has 0 amide bonds. The van der Waals surface area contributed by atoms with Crippen LogP contribution in [-0.2, 0) is 6.54 Å². The summed E-state index contributed by atoms with van der Waals surface area (Å²) in [6.45, 7) is 6.41. The van der Waals surface area contributed by atoms with E-state index in [1.165, 1.54) is 19.4 Å². The molecule has 1 heterocycles. The molecule has 1 fully saturated rings. The Balaban J connectivity index is 0.00000264. The van der Waals surface area contributed by atoms with Gasteiger partial charge in [-0.15, -0.1) is 0 Å². The lowest BCUT2D eigenvalue weighted by atomic mass is 10.1. The van der Waals surface area contributed by atoms with Gasteiger partial charge < -0.3 is 31.9 Å². The minimum Gasteiger partial charge on any atom is -1.00 e. The van der Waals surface area contributed by atoms with Gasteiger partial charge in [0.25, 0.3) is 0 Å². The SMILES string of the molecule is CCN1CCCC1CNCc1cc(OC)c(OC)c(OC)c1.[Cl-]. The van der Waals surface area contributed by atoms with Crippen molar-refractivity contribution in [3.05, 3.63) is 17.7 Å². The van der Waals surface area contributed by atoms with Crippen molar-refractivity contribution in [3.8, 4) is 17.2 Å². The second-order valence-corrected chi connectivity index (χ2v) is 5.59. The van der Waals surface area contributed by atoms with E-state index in [0.29, 0.717) is 23.3 Å². The molecule has 1 aromatic rings. The monoisotopic (exact) mass is 343 g/mol. The number of halogens is 1. The topological polar surface area (TPSA) is 43.0 Å².